The minimum Gasteiger partial charge on any atom is -0.341 e. The molecule has 4 nitrogen and oxygen atoms in total. The first-order valence-electron chi connectivity index (χ1n) is 5.52. The third-order valence-electron chi connectivity index (χ3n) is 2.75. The van der Waals surface area contributed by atoms with Gasteiger partial charge >= 0.3 is 6.03 Å². The lowest BCUT2D eigenvalue weighted by molar-refractivity contribution is 0.148. The molecule has 0 aromatic rings. The number of rotatable bonds is 1. The molecule has 88 valence electrons. The topological polar surface area (TPSA) is 53.2 Å². The molecule has 1 aliphatic heterocycles. The number of urea groups is 1. The van der Waals surface area contributed by atoms with Crippen LogP contribution in [0.25, 0.3) is 0 Å². The van der Waals surface area contributed by atoms with E-state index in [1.807, 2.05) is 0 Å². The van der Waals surface area contributed by atoms with Crippen LogP contribution in [0.5, 0.6) is 0 Å². The molecule has 0 aromatic carbocycles. The van der Waals surface area contributed by atoms with Gasteiger partial charge in [0.2, 0.25) is 0 Å². The van der Waals surface area contributed by atoms with Crippen LogP contribution in [-0.2, 0) is 0 Å². The van der Waals surface area contributed by atoms with Gasteiger partial charge in [-0.25, -0.2) is 4.79 Å². The Labute approximate surface area is 92.2 Å². The van der Waals surface area contributed by atoms with Gasteiger partial charge in [-0.2, -0.15) is 0 Å². The summed E-state index contributed by atoms with van der Waals surface area (Å²) in [6.07, 6.45) is 1.92. The Bertz CT molecular complexity index is 232. The Balaban J connectivity index is 2.63. The van der Waals surface area contributed by atoms with Crippen LogP contribution in [0, 0.1) is 0 Å². The van der Waals surface area contributed by atoms with E-state index in [-0.39, 0.29) is 23.2 Å². The molecule has 0 saturated carbocycles. The van der Waals surface area contributed by atoms with Gasteiger partial charge in [0.15, 0.2) is 0 Å². The highest BCUT2D eigenvalue weighted by Gasteiger charge is 2.37. The van der Waals surface area contributed by atoms with Gasteiger partial charge in [-0.15, -0.1) is 0 Å². The molecule has 3 N–H and O–H groups in total. The lowest BCUT2D eigenvalue weighted by Gasteiger charge is -2.46. The summed E-state index contributed by atoms with van der Waals surface area (Å²) >= 11 is 0. The maximum Gasteiger partial charge on any atom is 0.314 e. The molecule has 1 rings (SSSR count). The zero-order chi connectivity index (χ0) is 11.7. The molecule has 0 aromatic heterocycles. The summed E-state index contributed by atoms with van der Waals surface area (Å²) in [7, 11) is 1.65. The molecule has 0 spiro atoms. The van der Waals surface area contributed by atoms with Crippen molar-refractivity contribution < 1.29 is 4.79 Å². The average Bonchev–Trinajstić information content (AvgIpc) is 1.97. The second-order valence-electron chi connectivity index (χ2n) is 5.72. The Kier molecular flexibility index (Phi) is 3.28. The number of carbonyl (C=O) groups excluding carboxylic acids is 1. The smallest absolute Gasteiger partial charge is 0.314 e. The van der Waals surface area contributed by atoms with Gasteiger partial charge in [-0.05, 0) is 40.5 Å². The zero-order valence-electron chi connectivity index (χ0n) is 10.4. The minimum atomic E-state index is -0.0894. The number of hydrogen-bond donors (Lipinski definition) is 3. The van der Waals surface area contributed by atoms with Gasteiger partial charge in [0, 0.05) is 24.2 Å². The second kappa shape index (κ2) is 4.00. The van der Waals surface area contributed by atoms with E-state index in [0.29, 0.717) is 0 Å². The van der Waals surface area contributed by atoms with Crippen LogP contribution in [0.1, 0.15) is 40.5 Å². The first-order valence-corrected chi connectivity index (χ1v) is 5.52. The van der Waals surface area contributed by atoms with Crippen LogP contribution < -0.4 is 16.0 Å². The summed E-state index contributed by atoms with van der Waals surface area (Å²) in [5.41, 5.74) is 0.154. The zero-order valence-corrected chi connectivity index (χ0v) is 10.4. The summed E-state index contributed by atoms with van der Waals surface area (Å²) < 4.78 is 0. The molecule has 1 saturated heterocycles. The van der Waals surface area contributed by atoms with Crippen LogP contribution in [0.2, 0.25) is 0 Å². The number of amides is 2. The van der Waals surface area contributed by atoms with Crippen molar-refractivity contribution >= 4 is 6.03 Å². The predicted octanol–water partition coefficient (Wildman–Crippen LogP) is 1.22. The van der Waals surface area contributed by atoms with Crippen LogP contribution in [0.15, 0.2) is 0 Å². The van der Waals surface area contributed by atoms with Crippen molar-refractivity contribution in [3.8, 4) is 0 Å². The SMILES string of the molecule is CNC(=O)NC1CC(C)(C)NC(C)(C)C1. The monoisotopic (exact) mass is 213 g/mol. The van der Waals surface area contributed by atoms with Crippen molar-refractivity contribution in [3.63, 3.8) is 0 Å². The van der Waals surface area contributed by atoms with E-state index in [0.717, 1.165) is 12.8 Å². The maximum atomic E-state index is 11.3. The van der Waals surface area contributed by atoms with Gasteiger partial charge in [-0.3, -0.25) is 0 Å². The second-order valence-corrected chi connectivity index (χ2v) is 5.72. The van der Waals surface area contributed by atoms with Gasteiger partial charge < -0.3 is 16.0 Å². The van der Waals surface area contributed by atoms with E-state index in [1.54, 1.807) is 7.05 Å². The molecule has 1 fully saturated rings. The van der Waals surface area contributed by atoms with E-state index >= 15 is 0 Å². The van der Waals surface area contributed by atoms with Crippen LogP contribution >= 0.6 is 0 Å². The van der Waals surface area contributed by atoms with E-state index in [2.05, 4.69) is 43.6 Å². The fraction of sp³-hybridized carbons (Fsp3) is 0.909. The highest BCUT2D eigenvalue weighted by Crippen LogP contribution is 2.28. The molecule has 2 amide bonds. The third kappa shape index (κ3) is 3.70. The fourth-order valence-corrected chi connectivity index (χ4v) is 2.68. The van der Waals surface area contributed by atoms with Gasteiger partial charge in [-0.1, -0.05) is 0 Å². The lowest BCUT2D eigenvalue weighted by Crippen LogP contribution is -2.62. The largest absolute Gasteiger partial charge is 0.341 e. The molecule has 0 bridgehead atoms. The van der Waals surface area contributed by atoms with Gasteiger partial charge in [0.25, 0.3) is 0 Å². The van der Waals surface area contributed by atoms with Crippen molar-refractivity contribution in [3.05, 3.63) is 0 Å². The van der Waals surface area contributed by atoms with Crippen molar-refractivity contribution in [1.82, 2.24) is 16.0 Å². The third-order valence-corrected chi connectivity index (χ3v) is 2.75. The van der Waals surface area contributed by atoms with Crippen molar-refractivity contribution in [2.45, 2.75) is 57.7 Å². The molecular weight excluding hydrogens is 190 g/mol. The first kappa shape index (κ1) is 12.3. The fourth-order valence-electron chi connectivity index (χ4n) is 2.68. The molecule has 1 heterocycles. The van der Waals surface area contributed by atoms with E-state index in [1.165, 1.54) is 0 Å². The van der Waals surface area contributed by atoms with Crippen molar-refractivity contribution in [2.24, 2.45) is 0 Å². The number of nitrogens with one attached hydrogen (secondary N) is 3. The van der Waals surface area contributed by atoms with Gasteiger partial charge in [0.05, 0.1) is 0 Å². The summed E-state index contributed by atoms with van der Waals surface area (Å²) in [6.45, 7) is 8.69. The normalized spacial score (nSPS) is 24.6. The van der Waals surface area contributed by atoms with E-state index in [4.69, 9.17) is 0 Å². The average molecular weight is 213 g/mol. The lowest BCUT2D eigenvalue weighted by atomic mass is 9.80. The molecule has 0 atom stereocenters. The van der Waals surface area contributed by atoms with E-state index in [9.17, 15) is 4.79 Å². The standard InChI is InChI=1S/C11H23N3O/c1-10(2)6-8(13-9(15)12-5)7-11(3,4)14-10/h8,14H,6-7H2,1-5H3,(H2,12,13,15). The Morgan fingerprint density at radius 2 is 1.67 bits per heavy atom. The van der Waals surface area contributed by atoms with Gasteiger partial charge in [0.1, 0.15) is 0 Å². The first-order chi connectivity index (χ1) is 6.74. The Morgan fingerprint density at radius 3 is 2.07 bits per heavy atom. The molecule has 0 radical (unpaired) electrons. The number of carbonyl (C=O) groups is 1. The Hall–Kier alpha value is -0.770. The molecule has 0 aliphatic carbocycles. The molecule has 15 heavy (non-hydrogen) atoms. The highest BCUT2D eigenvalue weighted by atomic mass is 16.2. The summed E-state index contributed by atoms with van der Waals surface area (Å²) in [5.74, 6) is 0. The maximum absolute atomic E-state index is 11.3. The molecular formula is C11H23N3O. The summed E-state index contributed by atoms with van der Waals surface area (Å²) in [4.78, 5) is 11.3. The quantitative estimate of drug-likeness (QED) is 0.613. The van der Waals surface area contributed by atoms with Crippen molar-refractivity contribution in [1.29, 1.82) is 0 Å². The van der Waals surface area contributed by atoms with Crippen LogP contribution in [-0.4, -0.2) is 30.2 Å². The highest BCUT2D eigenvalue weighted by molar-refractivity contribution is 5.73. The minimum absolute atomic E-state index is 0.0768. The molecule has 0 unspecified atom stereocenters. The predicted molar refractivity (Wildman–Crippen MR) is 61.9 cm³/mol. The molecule has 1 aliphatic rings. The van der Waals surface area contributed by atoms with Crippen molar-refractivity contribution in [2.75, 3.05) is 7.05 Å². The molecule has 4 heteroatoms. The van der Waals surface area contributed by atoms with Crippen LogP contribution in [0.3, 0.4) is 0 Å². The van der Waals surface area contributed by atoms with E-state index < -0.39 is 0 Å². The number of piperidine rings is 1. The van der Waals surface area contributed by atoms with Crippen LogP contribution in [0.4, 0.5) is 4.79 Å². The number of hydrogen-bond acceptors (Lipinski definition) is 2. The summed E-state index contributed by atoms with van der Waals surface area (Å²) in [5, 5.41) is 9.17. The Morgan fingerprint density at radius 1 is 1.20 bits per heavy atom. The summed E-state index contributed by atoms with van der Waals surface area (Å²) in [6, 6.07) is 0.157.